The number of hydrogen-bond acceptors (Lipinski definition) is 3. The van der Waals surface area contributed by atoms with E-state index in [1.165, 1.54) is 15.9 Å². The summed E-state index contributed by atoms with van der Waals surface area (Å²) in [5.74, 6) is 0.872. The van der Waals surface area contributed by atoms with Crippen LogP contribution in [0.1, 0.15) is 18.4 Å². The van der Waals surface area contributed by atoms with Crippen molar-refractivity contribution in [2.75, 3.05) is 12.8 Å². The number of nitrogens with two attached hydrogens (primary N) is 1. The number of aromatic hydroxyl groups is 1. The molecule has 0 unspecified atom stereocenters. The Morgan fingerprint density at radius 1 is 0.667 bits per heavy atom. The summed E-state index contributed by atoms with van der Waals surface area (Å²) in [6, 6.07) is 38.2. The third kappa shape index (κ3) is 5.27. The molecule has 168 valence electrons. The predicted molar refractivity (Wildman–Crippen MR) is 141 cm³/mol. The lowest BCUT2D eigenvalue weighted by molar-refractivity contribution is 0.308. The Morgan fingerprint density at radius 3 is 1.64 bits per heavy atom. The minimum atomic E-state index is -1.79. The SMILES string of the molecule is NCc1ccc(OCCCC[P+](c2ccccc2)(c2ccccc2)c2ccccc2)cc1O. The van der Waals surface area contributed by atoms with Crippen LogP contribution in [0.3, 0.4) is 0 Å². The van der Waals surface area contributed by atoms with Crippen LogP contribution in [0.5, 0.6) is 11.5 Å². The molecule has 4 rings (SSSR count). The average molecular weight is 457 g/mol. The molecule has 3 N–H and O–H groups in total. The van der Waals surface area contributed by atoms with Crippen molar-refractivity contribution >= 4 is 23.2 Å². The minimum absolute atomic E-state index is 0.192. The van der Waals surface area contributed by atoms with E-state index in [9.17, 15) is 5.11 Å². The van der Waals surface area contributed by atoms with Crippen LogP contribution < -0.4 is 26.4 Å². The molecule has 33 heavy (non-hydrogen) atoms. The average Bonchev–Trinajstić information content (AvgIpc) is 2.88. The first-order chi connectivity index (χ1) is 16.2. The van der Waals surface area contributed by atoms with Gasteiger partial charge in [0.05, 0.1) is 12.8 Å². The zero-order chi connectivity index (χ0) is 22.9. The number of phenols is 1. The van der Waals surface area contributed by atoms with Gasteiger partial charge in [-0.1, -0.05) is 60.7 Å². The Balaban J connectivity index is 1.55. The van der Waals surface area contributed by atoms with E-state index in [1.54, 1.807) is 6.07 Å². The Labute approximate surface area is 197 Å². The zero-order valence-corrected chi connectivity index (χ0v) is 19.7. The number of phenolic OH excluding ortho intramolecular Hbond substituents is 1. The molecule has 4 aromatic carbocycles. The first-order valence-corrected chi connectivity index (χ1v) is 13.4. The lowest BCUT2D eigenvalue weighted by atomic mass is 10.2. The number of benzene rings is 4. The molecule has 0 fully saturated rings. The highest BCUT2D eigenvalue weighted by Crippen LogP contribution is 2.55. The Bertz CT molecular complexity index is 1040. The number of hydrogen-bond donors (Lipinski definition) is 2. The van der Waals surface area contributed by atoms with Crippen LogP contribution in [0, 0.1) is 0 Å². The Kier molecular flexibility index (Phi) is 7.78. The summed E-state index contributed by atoms with van der Waals surface area (Å²) in [5, 5.41) is 14.2. The second-order valence-electron chi connectivity index (χ2n) is 8.09. The summed E-state index contributed by atoms with van der Waals surface area (Å²) in [5.41, 5.74) is 6.35. The van der Waals surface area contributed by atoms with E-state index in [-0.39, 0.29) is 5.75 Å². The van der Waals surface area contributed by atoms with E-state index in [0.717, 1.165) is 24.6 Å². The van der Waals surface area contributed by atoms with Crippen molar-refractivity contribution < 1.29 is 9.84 Å². The second-order valence-corrected chi connectivity index (χ2v) is 11.7. The number of rotatable bonds is 10. The largest absolute Gasteiger partial charge is 0.507 e. The van der Waals surface area contributed by atoms with Gasteiger partial charge < -0.3 is 15.6 Å². The molecule has 0 heterocycles. The monoisotopic (exact) mass is 456 g/mol. The standard InChI is InChI=1S/C29H30NO2P/c30-23-24-18-19-25(22-29(24)31)32-20-10-11-21-33(26-12-4-1-5-13-26,27-14-6-2-7-15-27)28-16-8-3-9-17-28/h1-9,12-19,22H,10-11,20-21,23,30H2/p+1. The second kappa shape index (κ2) is 11.1. The summed E-state index contributed by atoms with van der Waals surface area (Å²) >= 11 is 0. The molecule has 0 saturated heterocycles. The first kappa shape index (κ1) is 23.0. The van der Waals surface area contributed by atoms with Crippen LogP contribution in [0.2, 0.25) is 0 Å². The van der Waals surface area contributed by atoms with Gasteiger partial charge in [0.1, 0.15) is 34.7 Å². The fourth-order valence-electron chi connectivity index (χ4n) is 4.33. The lowest BCUT2D eigenvalue weighted by Crippen LogP contribution is -2.33. The van der Waals surface area contributed by atoms with E-state index >= 15 is 0 Å². The lowest BCUT2D eigenvalue weighted by Gasteiger charge is -2.27. The van der Waals surface area contributed by atoms with E-state index in [2.05, 4.69) is 91.0 Å². The van der Waals surface area contributed by atoms with E-state index in [1.807, 2.05) is 12.1 Å². The van der Waals surface area contributed by atoms with Crippen molar-refractivity contribution in [3.8, 4) is 11.5 Å². The first-order valence-electron chi connectivity index (χ1n) is 11.4. The quantitative estimate of drug-likeness (QED) is 0.261. The van der Waals surface area contributed by atoms with E-state index in [4.69, 9.17) is 10.5 Å². The third-order valence-corrected chi connectivity index (χ3v) is 10.6. The molecule has 4 heteroatoms. The molecule has 0 spiro atoms. The van der Waals surface area contributed by atoms with Crippen molar-refractivity contribution in [3.05, 3.63) is 115 Å². The molecule has 0 radical (unpaired) electrons. The molecular formula is C29H31NO2P+. The Morgan fingerprint density at radius 2 is 1.18 bits per heavy atom. The normalized spacial score (nSPS) is 11.3. The molecule has 0 aliphatic heterocycles. The summed E-state index contributed by atoms with van der Waals surface area (Å²) in [4.78, 5) is 0. The van der Waals surface area contributed by atoms with Crippen LogP contribution in [0.25, 0.3) is 0 Å². The van der Waals surface area contributed by atoms with Crippen molar-refractivity contribution in [3.63, 3.8) is 0 Å². The van der Waals surface area contributed by atoms with E-state index in [0.29, 0.717) is 18.9 Å². The van der Waals surface area contributed by atoms with Crippen LogP contribution in [-0.4, -0.2) is 17.9 Å². The molecule has 0 amide bonds. The summed E-state index contributed by atoms with van der Waals surface area (Å²) in [7, 11) is -1.79. The molecule has 0 aliphatic carbocycles. The fraction of sp³-hybridized carbons (Fsp3) is 0.172. The van der Waals surface area contributed by atoms with Gasteiger partial charge in [0.2, 0.25) is 0 Å². The van der Waals surface area contributed by atoms with Gasteiger partial charge in [0.25, 0.3) is 0 Å². The number of unbranched alkanes of at least 4 members (excludes halogenated alkanes) is 1. The molecule has 0 saturated carbocycles. The van der Waals surface area contributed by atoms with Gasteiger partial charge >= 0.3 is 0 Å². The van der Waals surface area contributed by atoms with Gasteiger partial charge in [0, 0.05) is 18.2 Å². The highest BCUT2D eigenvalue weighted by Gasteiger charge is 2.44. The van der Waals surface area contributed by atoms with Crippen LogP contribution in [-0.2, 0) is 6.54 Å². The van der Waals surface area contributed by atoms with Crippen LogP contribution in [0.15, 0.2) is 109 Å². The highest BCUT2D eigenvalue weighted by atomic mass is 31.2. The van der Waals surface area contributed by atoms with Crippen molar-refractivity contribution in [1.82, 2.24) is 0 Å². The molecule has 0 bridgehead atoms. The van der Waals surface area contributed by atoms with Crippen molar-refractivity contribution in [1.29, 1.82) is 0 Å². The summed E-state index contributed by atoms with van der Waals surface area (Å²) in [6.45, 7) is 0.927. The van der Waals surface area contributed by atoms with Crippen molar-refractivity contribution in [2.45, 2.75) is 19.4 Å². The van der Waals surface area contributed by atoms with Crippen molar-refractivity contribution in [2.24, 2.45) is 5.73 Å². The van der Waals surface area contributed by atoms with Gasteiger partial charge in [-0.3, -0.25) is 0 Å². The maximum absolute atomic E-state index is 10.0. The van der Waals surface area contributed by atoms with Crippen LogP contribution >= 0.6 is 7.26 Å². The molecule has 0 aromatic heterocycles. The highest BCUT2D eigenvalue weighted by molar-refractivity contribution is 7.95. The molecule has 3 nitrogen and oxygen atoms in total. The Hall–Kier alpha value is -3.13. The van der Waals surface area contributed by atoms with Crippen LogP contribution in [0.4, 0.5) is 0 Å². The van der Waals surface area contributed by atoms with Gasteiger partial charge in [0.15, 0.2) is 0 Å². The van der Waals surface area contributed by atoms with Gasteiger partial charge in [-0.05, 0) is 55.3 Å². The molecule has 4 aromatic rings. The maximum Gasteiger partial charge on any atom is 0.123 e. The fourth-order valence-corrected chi connectivity index (χ4v) is 8.74. The zero-order valence-electron chi connectivity index (χ0n) is 18.8. The smallest absolute Gasteiger partial charge is 0.123 e. The summed E-state index contributed by atoms with van der Waals surface area (Å²) in [6.07, 6.45) is 3.05. The minimum Gasteiger partial charge on any atom is -0.507 e. The van der Waals surface area contributed by atoms with Gasteiger partial charge in [-0.2, -0.15) is 0 Å². The molecule has 0 aliphatic rings. The van der Waals surface area contributed by atoms with E-state index < -0.39 is 7.26 Å². The molecule has 0 atom stereocenters. The topological polar surface area (TPSA) is 55.5 Å². The number of ether oxygens (including phenoxy) is 1. The summed E-state index contributed by atoms with van der Waals surface area (Å²) < 4.78 is 5.93. The predicted octanol–water partition coefficient (Wildman–Crippen LogP) is 5.00. The maximum atomic E-state index is 10.0. The third-order valence-electron chi connectivity index (χ3n) is 6.02. The van der Waals surface area contributed by atoms with Gasteiger partial charge in [-0.25, -0.2) is 0 Å². The van der Waals surface area contributed by atoms with Gasteiger partial charge in [-0.15, -0.1) is 0 Å². The molecular weight excluding hydrogens is 425 g/mol.